The number of urea groups is 1. The molecule has 68 heavy (non-hydrogen) atoms. The van der Waals surface area contributed by atoms with Crippen LogP contribution in [0.5, 0.6) is 5.75 Å². The molecule has 0 bridgehead atoms. The van der Waals surface area contributed by atoms with Crippen LogP contribution in [0.15, 0.2) is 24.3 Å². The Morgan fingerprint density at radius 3 is 1.88 bits per heavy atom. The molecule has 0 spiro atoms. The van der Waals surface area contributed by atoms with E-state index in [1.165, 1.54) is 38.1 Å². The quantitative estimate of drug-likeness (QED) is 0.0311. The van der Waals surface area contributed by atoms with Crippen LogP contribution in [0.2, 0.25) is 0 Å². The normalized spacial score (nSPS) is 15.2. The van der Waals surface area contributed by atoms with E-state index < -0.39 is 53.1 Å². The number of phenolic OH excluding ortho intramolecular Hbond substituents is 1. The number of hydrogen-bond acceptors (Lipinski definition) is 15. The largest absolute Gasteiger partial charge is 0.508 e. The van der Waals surface area contributed by atoms with Gasteiger partial charge in [-0.3, -0.25) is 33.7 Å². The Labute approximate surface area is 396 Å². The first-order valence-electron chi connectivity index (χ1n) is 22.8. The smallest absolute Gasteiger partial charge is 0.326 e. The summed E-state index contributed by atoms with van der Waals surface area (Å²) in [5.41, 5.74) is 4.04. The van der Waals surface area contributed by atoms with Gasteiger partial charge in [-0.25, -0.2) is 9.59 Å². The van der Waals surface area contributed by atoms with Gasteiger partial charge in [-0.2, -0.15) is 0 Å². The lowest BCUT2D eigenvalue weighted by atomic mass is 9.89. The van der Waals surface area contributed by atoms with E-state index >= 15 is 0 Å². The molecule has 1 aromatic rings. The molecular formula is C45H71N7O16. The Morgan fingerprint density at radius 1 is 0.779 bits per heavy atom. The number of aliphatic carboxylic acids is 1. The fourth-order valence-corrected chi connectivity index (χ4v) is 6.77. The first-order valence-corrected chi connectivity index (χ1v) is 22.8. The molecule has 4 atom stereocenters. The van der Waals surface area contributed by atoms with Crippen LogP contribution in [0.4, 0.5) is 4.79 Å². The molecule has 0 saturated carbocycles. The van der Waals surface area contributed by atoms with Crippen LogP contribution in [-0.4, -0.2) is 172 Å². The van der Waals surface area contributed by atoms with Gasteiger partial charge in [0, 0.05) is 57.2 Å². The second-order valence-electron chi connectivity index (χ2n) is 16.5. The van der Waals surface area contributed by atoms with E-state index in [4.69, 9.17) is 29.4 Å². The van der Waals surface area contributed by atoms with E-state index in [1.54, 1.807) is 6.92 Å². The molecule has 1 unspecified atom stereocenters. The number of carbonyl (C=O) groups is 9. The van der Waals surface area contributed by atoms with Crippen molar-refractivity contribution in [3.8, 4) is 5.75 Å². The zero-order valence-corrected chi connectivity index (χ0v) is 39.4. The predicted molar refractivity (Wildman–Crippen MR) is 243 cm³/mol. The number of phenols is 1. The third-order valence-electron chi connectivity index (χ3n) is 10.5. The number of carboxylic acids is 1. The van der Waals surface area contributed by atoms with Crippen LogP contribution in [0.3, 0.4) is 0 Å². The van der Waals surface area contributed by atoms with Crippen LogP contribution < -0.4 is 32.3 Å². The highest BCUT2D eigenvalue weighted by Crippen LogP contribution is 2.21. The number of unbranched alkanes of at least 4 members (excludes halogenated alkanes) is 1. The van der Waals surface area contributed by atoms with Crippen molar-refractivity contribution >= 4 is 53.2 Å². The number of hydrogen-bond donors (Lipinski definition) is 8. The van der Waals surface area contributed by atoms with E-state index in [1.807, 2.05) is 0 Å². The van der Waals surface area contributed by atoms with Crippen molar-refractivity contribution in [1.82, 2.24) is 31.5 Å². The number of rotatable bonds is 38. The van der Waals surface area contributed by atoms with E-state index in [0.29, 0.717) is 71.1 Å². The zero-order chi connectivity index (χ0) is 50.3. The molecule has 0 aromatic heterocycles. The highest BCUT2D eigenvalue weighted by Gasteiger charge is 2.39. The summed E-state index contributed by atoms with van der Waals surface area (Å²) in [5, 5.41) is 32.7. The van der Waals surface area contributed by atoms with Crippen molar-refractivity contribution in [2.45, 2.75) is 90.1 Å². The fraction of sp³-hybridized carbons (Fsp3) is 0.667. The number of likely N-dealkylation sites (tertiary alicyclic amines) is 1. The molecule has 9 N–H and O–H groups in total. The van der Waals surface area contributed by atoms with E-state index in [2.05, 4.69) is 26.6 Å². The number of benzene rings is 1. The SMILES string of the molecule is CC(=O)C[C@@H](CCCNC(N)=O)C(=O)N[C@](C)(CCCCNC(=O)CCOCCOCCOCCOCCOCCNC(=O)CN1C(=O)CC(C)C1=O)C(=O)N[C@@H](Cc1ccc(O)cc1)C(=O)O. The number of nitrogens with one attached hydrogen (secondary N) is 5. The summed E-state index contributed by atoms with van der Waals surface area (Å²) in [6.07, 6.45) is 1.31. The summed E-state index contributed by atoms with van der Waals surface area (Å²) in [4.78, 5) is 112. The van der Waals surface area contributed by atoms with Gasteiger partial charge in [-0.05, 0) is 63.6 Å². The van der Waals surface area contributed by atoms with Gasteiger partial charge in [-0.1, -0.05) is 19.1 Å². The minimum atomic E-state index is -1.62. The average Bonchev–Trinajstić information content (AvgIpc) is 3.52. The van der Waals surface area contributed by atoms with Crippen LogP contribution in [0, 0.1) is 11.8 Å². The minimum Gasteiger partial charge on any atom is -0.508 e. The van der Waals surface area contributed by atoms with Crippen molar-refractivity contribution in [3.63, 3.8) is 0 Å². The second kappa shape index (κ2) is 32.9. The van der Waals surface area contributed by atoms with E-state index in [0.717, 1.165) is 4.90 Å². The molecule has 23 heteroatoms. The number of carbonyl (C=O) groups excluding carboxylic acids is 8. The van der Waals surface area contributed by atoms with Crippen molar-refractivity contribution in [2.75, 3.05) is 92.2 Å². The van der Waals surface area contributed by atoms with Gasteiger partial charge in [0.05, 0.1) is 66.1 Å². The lowest BCUT2D eigenvalue weighted by Crippen LogP contribution is -2.60. The van der Waals surface area contributed by atoms with Gasteiger partial charge >= 0.3 is 12.0 Å². The Balaban J connectivity index is 1.62. The lowest BCUT2D eigenvalue weighted by molar-refractivity contribution is -0.144. The first-order chi connectivity index (χ1) is 32.4. The number of nitrogens with two attached hydrogens (primary N) is 1. The molecule has 1 fully saturated rings. The molecule has 382 valence electrons. The third kappa shape index (κ3) is 24.9. The molecule has 8 amide bonds. The number of ether oxygens (including phenoxy) is 5. The highest BCUT2D eigenvalue weighted by molar-refractivity contribution is 6.05. The van der Waals surface area contributed by atoms with Gasteiger partial charge < -0.3 is 71.0 Å². The van der Waals surface area contributed by atoms with Gasteiger partial charge in [0.25, 0.3) is 0 Å². The number of ketones is 1. The molecule has 1 aliphatic heterocycles. The number of imide groups is 1. The molecule has 1 saturated heterocycles. The Morgan fingerprint density at radius 2 is 1.34 bits per heavy atom. The number of amides is 8. The molecule has 0 radical (unpaired) electrons. The Hall–Kier alpha value is -5.75. The van der Waals surface area contributed by atoms with Crippen LogP contribution in [0.25, 0.3) is 0 Å². The first kappa shape index (κ1) is 58.4. The third-order valence-corrected chi connectivity index (χ3v) is 10.5. The Bertz CT molecular complexity index is 1780. The number of Topliss-reactive ketones (excluding diaryl/α,β-unsaturated/α-hetero) is 1. The lowest BCUT2D eigenvalue weighted by Gasteiger charge is -2.32. The second-order valence-corrected chi connectivity index (χ2v) is 16.5. The average molecular weight is 966 g/mol. The standard InChI is InChI=1S/C45H71N7O16/c1-31-27-39(57)52(41(31)59)30-38(56)48-16-18-65-20-22-67-24-26-68-25-23-66-21-19-64-17-12-37(55)47-14-5-4-13-45(3,51-40(58)34(28-32(2)53)7-6-15-49-44(46)63)43(62)50-36(42(60)61)29-33-8-10-35(54)11-9-33/h8-11,31,34,36,54H,4-7,12-30H2,1-3H3,(H,47,55)(H,48,56)(H,50,62)(H,51,58)(H,60,61)(H3,46,49,63)/t31?,34-,36+,45-/m1/s1. The maximum Gasteiger partial charge on any atom is 0.326 e. The monoisotopic (exact) mass is 965 g/mol. The van der Waals surface area contributed by atoms with Gasteiger partial charge in [-0.15, -0.1) is 0 Å². The summed E-state index contributed by atoms with van der Waals surface area (Å²) < 4.78 is 27.2. The fourth-order valence-electron chi connectivity index (χ4n) is 6.77. The molecule has 1 aromatic carbocycles. The number of aromatic hydroxyl groups is 1. The zero-order valence-electron chi connectivity index (χ0n) is 39.4. The molecule has 1 heterocycles. The molecule has 2 rings (SSSR count). The summed E-state index contributed by atoms with van der Waals surface area (Å²) >= 11 is 0. The molecule has 0 aliphatic carbocycles. The number of carboxylic acid groups (broad SMARTS) is 1. The molecular weight excluding hydrogens is 895 g/mol. The maximum atomic E-state index is 13.8. The van der Waals surface area contributed by atoms with Crippen molar-refractivity contribution in [2.24, 2.45) is 17.6 Å². The van der Waals surface area contributed by atoms with Crippen LogP contribution in [-0.2, 0) is 68.5 Å². The van der Waals surface area contributed by atoms with Gasteiger partial charge in [0.15, 0.2) is 0 Å². The van der Waals surface area contributed by atoms with Gasteiger partial charge in [0.2, 0.25) is 35.4 Å². The highest BCUT2D eigenvalue weighted by atomic mass is 16.6. The molecule has 23 nitrogen and oxygen atoms in total. The van der Waals surface area contributed by atoms with Crippen molar-refractivity contribution in [1.29, 1.82) is 0 Å². The number of primary amides is 1. The number of nitrogens with zero attached hydrogens (tertiary/aromatic N) is 1. The van der Waals surface area contributed by atoms with E-state index in [-0.39, 0.29) is 114 Å². The van der Waals surface area contributed by atoms with Gasteiger partial charge in [0.1, 0.15) is 29.7 Å². The summed E-state index contributed by atoms with van der Waals surface area (Å²) in [7, 11) is 0. The van der Waals surface area contributed by atoms with E-state index in [9.17, 15) is 53.4 Å². The van der Waals surface area contributed by atoms with Crippen LogP contribution >= 0.6 is 0 Å². The minimum absolute atomic E-state index is 0.0111. The summed E-state index contributed by atoms with van der Waals surface area (Å²) in [6.45, 7) is 7.78. The predicted octanol–water partition coefficient (Wildman–Crippen LogP) is -0.306. The Kier molecular flexibility index (Phi) is 28.2. The summed E-state index contributed by atoms with van der Waals surface area (Å²) in [6, 6.07) is 3.73. The van der Waals surface area contributed by atoms with Crippen molar-refractivity contribution in [3.05, 3.63) is 29.8 Å². The summed E-state index contributed by atoms with van der Waals surface area (Å²) in [5.74, 6) is -5.56. The topological polar surface area (TPSA) is 330 Å². The molecule has 1 aliphatic rings. The maximum absolute atomic E-state index is 13.8. The van der Waals surface area contributed by atoms with Crippen LogP contribution in [0.1, 0.15) is 77.7 Å². The van der Waals surface area contributed by atoms with Crippen molar-refractivity contribution < 1.29 is 77.0 Å².